The molecule has 0 bridgehead atoms. The van der Waals surface area contributed by atoms with Gasteiger partial charge >= 0.3 is 0 Å². The average molecular weight is 184 g/mol. The molecule has 2 aliphatic heterocycles. The fourth-order valence-corrected chi connectivity index (χ4v) is 1.59. The highest BCUT2D eigenvalue weighted by molar-refractivity contribution is 5.90. The molecule has 72 valence electrons. The Labute approximate surface area is 76.0 Å². The summed E-state index contributed by atoms with van der Waals surface area (Å²) in [6.07, 6.45) is 1.92. The van der Waals surface area contributed by atoms with Gasteiger partial charge in [0.2, 0.25) is 5.91 Å². The fraction of sp³-hybridized carbons (Fsp3) is 0.750. The van der Waals surface area contributed by atoms with Gasteiger partial charge in [0, 0.05) is 6.42 Å². The van der Waals surface area contributed by atoms with Gasteiger partial charge in [-0.1, -0.05) is 0 Å². The Morgan fingerprint density at radius 1 is 1.62 bits per heavy atom. The number of hydroxylamine groups is 2. The number of amides is 2. The molecule has 2 rings (SSSR count). The first kappa shape index (κ1) is 8.50. The van der Waals surface area contributed by atoms with E-state index >= 15 is 0 Å². The van der Waals surface area contributed by atoms with Crippen molar-refractivity contribution in [1.82, 2.24) is 10.4 Å². The Hall–Kier alpha value is -1.10. The van der Waals surface area contributed by atoms with E-state index in [2.05, 4.69) is 5.32 Å². The second kappa shape index (κ2) is 3.33. The summed E-state index contributed by atoms with van der Waals surface area (Å²) in [5.74, 6) is -0.152. The molecular weight excluding hydrogens is 172 g/mol. The van der Waals surface area contributed by atoms with Crippen molar-refractivity contribution >= 4 is 11.8 Å². The molecule has 0 aromatic heterocycles. The summed E-state index contributed by atoms with van der Waals surface area (Å²) >= 11 is 0. The summed E-state index contributed by atoms with van der Waals surface area (Å²) < 4.78 is 0. The van der Waals surface area contributed by atoms with E-state index in [-0.39, 0.29) is 17.9 Å². The molecule has 5 heteroatoms. The van der Waals surface area contributed by atoms with Crippen LogP contribution in [-0.2, 0) is 14.4 Å². The number of hydrogen-bond acceptors (Lipinski definition) is 3. The molecule has 0 aromatic carbocycles. The topological polar surface area (TPSA) is 58.6 Å². The molecule has 0 unspecified atom stereocenters. The third-order valence-electron chi connectivity index (χ3n) is 2.29. The molecule has 1 atom stereocenters. The van der Waals surface area contributed by atoms with E-state index < -0.39 is 0 Å². The number of carbonyl (C=O) groups excluding carboxylic acids is 2. The van der Waals surface area contributed by atoms with Crippen LogP contribution >= 0.6 is 0 Å². The smallest absolute Gasteiger partial charge is 0.268 e. The fourth-order valence-electron chi connectivity index (χ4n) is 1.59. The highest BCUT2D eigenvalue weighted by Crippen LogP contribution is 2.13. The normalized spacial score (nSPS) is 27.8. The van der Waals surface area contributed by atoms with Crippen LogP contribution < -0.4 is 5.32 Å². The predicted octanol–water partition coefficient (Wildman–Crippen LogP) is -0.571. The predicted molar refractivity (Wildman–Crippen MR) is 43.4 cm³/mol. The number of hydrogen-bond donors (Lipinski definition) is 1. The highest BCUT2D eigenvalue weighted by atomic mass is 16.7. The maximum absolute atomic E-state index is 11.6. The number of nitrogens with zero attached hydrogens (tertiary/aromatic N) is 1. The number of carbonyl (C=O) groups is 2. The van der Waals surface area contributed by atoms with Crippen molar-refractivity contribution in [2.75, 3.05) is 13.2 Å². The molecule has 13 heavy (non-hydrogen) atoms. The van der Waals surface area contributed by atoms with Crippen LogP contribution in [-0.4, -0.2) is 36.1 Å². The minimum Gasteiger partial charge on any atom is -0.344 e. The zero-order chi connectivity index (χ0) is 9.26. The summed E-state index contributed by atoms with van der Waals surface area (Å²) in [6, 6.07) is -0.356. The van der Waals surface area contributed by atoms with Gasteiger partial charge in [-0.3, -0.25) is 14.4 Å². The molecule has 0 aromatic rings. The van der Waals surface area contributed by atoms with Crippen LogP contribution in [0.25, 0.3) is 0 Å². The number of nitrogens with one attached hydrogen (secondary N) is 1. The monoisotopic (exact) mass is 184 g/mol. The third-order valence-corrected chi connectivity index (χ3v) is 2.29. The van der Waals surface area contributed by atoms with Crippen molar-refractivity contribution in [2.24, 2.45) is 0 Å². The van der Waals surface area contributed by atoms with Gasteiger partial charge in [-0.2, -0.15) is 0 Å². The van der Waals surface area contributed by atoms with Crippen molar-refractivity contribution in [3.05, 3.63) is 0 Å². The van der Waals surface area contributed by atoms with E-state index in [0.717, 1.165) is 6.42 Å². The van der Waals surface area contributed by atoms with Gasteiger partial charge < -0.3 is 5.32 Å². The molecule has 0 radical (unpaired) electrons. The van der Waals surface area contributed by atoms with E-state index in [0.29, 0.717) is 26.0 Å². The molecule has 0 saturated carbocycles. The maximum atomic E-state index is 11.6. The van der Waals surface area contributed by atoms with Gasteiger partial charge in [0.15, 0.2) is 0 Å². The maximum Gasteiger partial charge on any atom is 0.268 e. The van der Waals surface area contributed by atoms with E-state index in [1.807, 2.05) is 0 Å². The third kappa shape index (κ3) is 1.65. The van der Waals surface area contributed by atoms with Crippen LogP contribution in [0.4, 0.5) is 0 Å². The molecular formula is C8H12N2O3. The van der Waals surface area contributed by atoms with E-state index in [9.17, 15) is 9.59 Å². The van der Waals surface area contributed by atoms with Crippen molar-refractivity contribution in [1.29, 1.82) is 0 Å². The molecule has 1 N–H and O–H groups in total. The lowest BCUT2D eigenvalue weighted by molar-refractivity contribution is -0.170. The molecule has 5 nitrogen and oxygen atoms in total. The zero-order valence-electron chi connectivity index (χ0n) is 7.28. The lowest BCUT2D eigenvalue weighted by atomic mass is 10.2. The van der Waals surface area contributed by atoms with Gasteiger partial charge in [-0.05, 0) is 12.8 Å². The summed E-state index contributed by atoms with van der Waals surface area (Å²) in [5, 5.41) is 3.98. The molecule has 2 aliphatic rings. The van der Waals surface area contributed by atoms with Crippen LogP contribution in [0.15, 0.2) is 0 Å². The van der Waals surface area contributed by atoms with Crippen LogP contribution in [0, 0.1) is 0 Å². The molecule has 2 heterocycles. The van der Waals surface area contributed by atoms with Crippen molar-refractivity contribution in [2.45, 2.75) is 25.3 Å². The molecule has 0 spiro atoms. The Kier molecular flexibility index (Phi) is 2.18. The summed E-state index contributed by atoms with van der Waals surface area (Å²) in [4.78, 5) is 27.5. The summed E-state index contributed by atoms with van der Waals surface area (Å²) in [6.45, 7) is 1.25. The van der Waals surface area contributed by atoms with Crippen LogP contribution in [0.1, 0.15) is 19.3 Å². The zero-order valence-corrected chi connectivity index (χ0v) is 7.28. The van der Waals surface area contributed by atoms with Gasteiger partial charge in [0.1, 0.15) is 6.04 Å². The van der Waals surface area contributed by atoms with Crippen LogP contribution in [0.3, 0.4) is 0 Å². The van der Waals surface area contributed by atoms with Crippen molar-refractivity contribution < 1.29 is 14.4 Å². The molecule has 2 fully saturated rings. The lowest BCUT2D eigenvalue weighted by Gasteiger charge is -2.17. The molecule has 2 saturated heterocycles. The Morgan fingerprint density at radius 3 is 3.00 bits per heavy atom. The Bertz CT molecular complexity index is 236. The average Bonchev–Trinajstić information content (AvgIpc) is 2.72. The van der Waals surface area contributed by atoms with Gasteiger partial charge in [-0.25, -0.2) is 5.06 Å². The SMILES string of the molecule is O=C1CC[C@H](C(=O)N2CCCO2)N1. The lowest BCUT2D eigenvalue weighted by Crippen LogP contribution is -2.42. The van der Waals surface area contributed by atoms with Crippen molar-refractivity contribution in [3.8, 4) is 0 Å². The quantitative estimate of drug-likeness (QED) is 0.593. The van der Waals surface area contributed by atoms with Gasteiger partial charge in [-0.15, -0.1) is 0 Å². The summed E-state index contributed by atoms with van der Waals surface area (Å²) in [5.41, 5.74) is 0. The summed E-state index contributed by atoms with van der Waals surface area (Å²) in [7, 11) is 0. The second-order valence-corrected chi connectivity index (χ2v) is 3.29. The van der Waals surface area contributed by atoms with Gasteiger partial charge in [0.25, 0.3) is 5.91 Å². The van der Waals surface area contributed by atoms with Crippen LogP contribution in [0.5, 0.6) is 0 Å². The first-order valence-corrected chi connectivity index (χ1v) is 4.51. The van der Waals surface area contributed by atoms with E-state index in [1.54, 1.807) is 0 Å². The minimum absolute atomic E-state index is 0.0439. The first-order valence-electron chi connectivity index (χ1n) is 4.51. The highest BCUT2D eigenvalue weighted by Gasteiger charge is 2.32. The minimum atomic E-state index is -0.356. The standard InChI is InChI=1S/C8H12N2O3/c11-7-3-2-6(9-7)8(12)10-4-1-5-13-10/h6H,1-5H2,(H,9,11)/t6-/m1/s1. The Morgan fingerprint density at radius 2 is 2.46 bits per heavy atom. The van der Waals surface area contributed by atoms with Gasteiger partial charge in [0.05, 0.1) is 13.2 Å². The second-order valence-electron chi connectivity index (χ2n) is 3.29. The van der Waals surface area contributed by atoms with Crippen LogP contribution in [0.2, 0.25) is 0 Å². The van der Waals surface area contributed by atoms with Crippen molar-refractivity contribution in [3.63, 3.8) is 0 Å². The Balaban J connectivity index is 1.92. The van der Waals surface area contributed by atoms with E-state index in [4.69, 9.17) is 4.84 Å². The molecule has 2 amide bonds. The first-order chi connectivity index (χ1) is 6.27. The van der Waals surface area contributed by atoms with E-state index in [1.165, 1.54) is 5.06 Å². The molecule has 0 aliphatic carbocycles. The largest absolute Gasteiger partial charge is 0.344 e. The number of rotatable bonds is 1.